The van der Waals surface area contributed by atoms with Gasteiger partial charge in [0, 0.05) is 32.1 Å². The maximum atomic E-state index is 11.8. The normalized spacial score (nSPS) is 18.1. The Hall–Kier alpha value is -1.66. The van der Waals surface area contributed by atoms with E-state index >= 15 is 0 Å². The fraction of sp³-hybridized carbons (Fsp3) is 0.538. The van der Waals surface area contributed by atoms with E-state index in [0.29, 0.717) is 13.1 Å². The fourth-order valence-electron chi connectivity index (χ4n) is 2.12. The molecule has 104 valence electrons. The second-order valence-corrected chi connectivity index (χ2v) is 4.62. The molecule has 1 aromatic heterocycles. The van der Waals surface area contributed by atoms with Crippen LogP contribution in [0.4, 0.5) is 0 Å². The van der Waals surface area contributed by atoms with E-state index in [4.69, 9.17) is 15.6 Å². The average molecular weight is 265 g/mol. The van der Waals surface area contributed by atoms with Crippen LogP contribution in [0.25, 0.3) is 0 Å². The molecule has 3 N–H and O–H groups in total. The summed E-state index contributed by atoms with van der Waals surface area (Å²) in [5, 5.41) is 8.88. The highest BCUT2D eigenvalue weighted by molar-refractivity contribution is 5.81. The minimum Gasteiger partial charge on any atom is -0.489 e. The molecule has 0 aromatic carbocycles. The number of hydrogen-bond donors (Lipinski definition) is 2. The highest BCUT2D eigenvalue weighted by Gasteiger charge is 2.26. The number of piperidine rings is 1. The summed E-state index contributed by atoms with van der Waals surface area (Å²) < 4.78 is 5.79. The topological polar surface area (TPSA) is 88.7 Å². The zero-order valence-corrected chi connectivity index (χ0v) is 10.7. The van der Waals surface area contributed by atoms with E-state index in [1.54, 1.807) is 17.3 Å². The minimum absolute atomic E-state index is 0.0959. The molecule has 0 unspecified atom stereocenters. The van der Waals surface area contributed by atoms with Crippen molar-refractivity contribution in [2.45, 2.75) is 25.0 Å². The summed E-state index contributed by atoms with van der Waals surface area (Å²) in [6, 6.07) is 2.89. The third-order valence-corrected chi connectivity index (χ3v) is 3.20. The molecule has 2 heterocycles. The Kier molecular flexibility index (Phi) is 4.70. The SMILES string of the molecule is N[C@@H](CO)C(=O)N1CCC(Oc2cccnc2)CC1. The molecule has 2 rings (SSSR count). The van der Waals surface area contributed by atoms with Crippen LogP contribution in [0.15, 0.2) is 24.5 Å². The van der Waals surface area contributed by atoms with Crippen LogP contribution >= 0.6 is 0 Å². The van der Waals surface area contributed by atoms with Gasteiger partial charge in [-0.1, -0.05) is 0 Å². The molecule has 0 radical (unpaired) electrons. The molecule has 0 spiro atoms. The van der Waals surface area contributed by atoms with Crippen LogP contribution < -0.4 is 10.5 Å². The quantitative estimate of drug-likeness (QED) is 0.785. The number of amides is 1. The maximum Gasteiger partial charge on any atom is 0.241 e. The Morgan fingerprint density at radius 1 is 1.58 bits per heavy atom. The van der Waals surface area contributed by atoms with E-state index in [-0.39, 0.29) is 18.6 Å². The molecule has 1 saturated heterocycles. The Labute approximate surface area is 112 Å². The largest absolute Gasteiger partial charge is 0.489 e. The Balaban J connectivity index is 1.81. The van der Waals surface area contributed by atoms with E-state index in [0.717, 1.165) is 18.6 Å². The summed E-state index contributed by atoms with van der Waals surface area (Å²) in [4.78, 5) is 17.5. The van der Waals surface area contributed by atoms with Gasteiger partial charge in [0.1, 0.15) is 17.9 Å². The summed E-state index contributed by atoms with van der Waals surface area (Å²) in [6.07, 6.45) is 5.00. The highest BCUT2D eigenvalue weighted by Crippen LogP contribution is 2.18. The number of pyridine rings is 1. The van der Waals surface area contributed by atoms with Crippen LogP contribution in [-0.2, 0) is 4.79 Å². The van der Waals surface area contributed by atoms with Gasteiger partial charge in [0.05, 0.1) is 12.8 Å². The lowest BCUT2D eigenvalue weighted by atomic mass is 10.1. The van der Waals surface area contributed by atoms with E-state index < -0.39 is 6.04 Å². The summed E-state index contributed by atoms with van der Waals surface area (Å²) in [7, 11) is 0. The van der Waals surface area contributed by atoms with Gasteiger partial charge in [0.25, 0.3) is 0 Å². The number of aliphatic hydroxyl groups is 1. The van der Waals surface area contributed by atoms with Crippen molar-refractivity contribution in [3.63, 3.8) is 0 Å². The van der Waals surface area contributed by atoms with Gasteiger partial charge in [-0.05, 0) is 12.1 Å². The molecular weight excluding hydrogens is 246 g/mol. The number of aliphatic hydroxyl groups excluding tert-OH is 1. The van der Waals surface area contributed by atoms with Crippen molar-refractivity contribution in [2.24, 2.45) is 5.73 Å². The van der Waals surface area contributed by atoms with Crippen molar-refractivity contribution in [2.75, 3.05) is 19.7 Å². The van der Waals surface area contributed by atoms with E-state index in [9.17, 15) is 4.79 Å². The summed E-state index contributed by atoms with van der Waals surface area (Å²) >= 11 is 0. The van der Waals surface area contributed by atoms with Crippen molar-refractivity contribution >= 4 is 5.91 Å². The number of carbonyl (C=O) groups excluding carboxylic acids is 1. The lowest BCUT2D eigenvalue weighted by molar-refractivity contribution is -0.135. The Morgan fingerprint density at radius 3 is 2.89 bits per heavy atom. The molecular formula is C13H19N3O3. The van der Waals surface area contributed by atoms with E-state index in [1.807, 2.05) is 12.1 Å². The van der Waals surface area contributed by atoms with E-state index in [1.165, 1.54) is 0 Å². The Bertz CT molecular complexity index is 405. The molecule has 0 bridgehead atoms. The Morgan fingerprint density at radius 2 is 2.32 bits per heavy atom. The predicted octanol–water partition coefficient (Wildman–Crippen LogP) is -0.229. The maximum absolute atomic E-state index is 11.8. The molecule has 1 aliphatic heterocycles. The first kappa shape index (κ1) is 13.8. The van der Waals surface area contributed by atoms with Gasteiger partial charge in [-0.2, -0.15) is 0 Å². The first-order chi connectivity index (χ1) is 9.20. The van der Waals surface area contributed by atoms with Gasteiger partial charge < -0.3 is 20.5 Å². The van der Waals surface area contributed by atoms with Gasteiger partial charge in [-0.3, -0.25) is 9.78 Å². The molecule has 1 atom stereocenters. The van der Waals surface area contributed by atoms with Gasteiger partial charge in [0.15, 0.2) is 0 Å². The fourth-order valence-corrected chi connectivity index (χ4v) is 2.12. The summed E-state index contributed by atoms with van der Waals surface area (Å²) in [5.41, 5.74) is 5.52. The number of rotatable bonds is 4. The van der Waals surface area contributed by atoms with E-state index in [2.05, 4.69) is 4.98 Å². The van der Waals surface area contributed by atoms with Gasteiger partial charge in [-0.15, -0.1) is 0 Å². The molecule has 1 aromatic rings. The van der Waals surface area contributed by atoms with Gasteiger partial charge in [0.2, 0.25) is 5.91 Å². The zero-order chi connectivity index (χ0) is 13.7. The number of ether oxygens (including phenoxy) is 1. The molecule has 1 aliphatic rings. The lowest BCUT2D eigenvalue weighted by Gasteiger charge is -2.33. The third kappa shape index (κ3) is 3.65. The monoisotopic (exact) mass is 265 g/mol. The molecule has 1 fully saturated rings. The van der Waals surface area contributed by atoms with Crippen LogP contribution in [0, 0.1) is 0 Å². The summed E-state index contributed by atoms with van der Waals surface area (Å²) in [5.74, 6) is 0.557. The van der Waals surface area contributed by atoms with Crippen LogP contribution in [0.2, 0.25) is 0 Å². The molecule has 1 amide bonds. The van der Waals surface area contributed by atoms with Crippen molar-refractivity contribution in [3.05, 3.63) is 24.5 Å². The molecule has 6 heteroatoms. The number of carbonyl (C=O) groups is 1. The average Bonchev–Trinajstić information content (AvgIpc) is 2.47. The standard InChI is InChI=1S/C13H19N3O3/c14-12(9-17)13(18)16-6-3-10(4-7-16)19-11-2-1-5-15-8-11/h1-2,5,8,10,12,17H,3-4,6-7,9,14H2/t12-/m0/s1. The zero-order valence-electron chi connectivity index (χ0n) is 10.7. The highest BCUT2D eigenvalue weighted by atomic mass is 16.5. The predicted molar refractivity (Wildman–Crippen MR) is 69.5 cm³/mol. The van der Waals surface area contributed by atoms with Gasteiger partial charge >= 0.3 is 0 Å². The lowest BCUT2D eigenvalue weighted by Crippen LogP contribution is -2.50. The second kappa shape index (κ2) is 6.49. The van der Waals surface area contributed by atoms with Crippen LogP contribution in [0.3, 0.4) is 0 Å². The van der Waals surface area contributed by atoms with Crippen molar-refractivity contribution in [3.8, 4) is 5.75 Å². The smallest absolute Gasteiger partial charge is 0.241 e. The minimum atomic E-state index is -0.809. The third-order valence-electron chi connectivity index (χ3n) is 3.20. The first-order valence-electron chi connectivity index (χ1n) is 6.42. The van der Waals surface area contributed by atoms with Crippen molar-refractivity contribution < 1.29 is 14.6 Å². The van der Waals surface area contributed by atoms with Crippen molar-refractivity contribution in [1.29, 1.82) is 0 Å². The summed E-state index contributed by atoms with van der Waals surface area (Å²) in [6.45, 7) is 0.903. The van der Waals surface area contributed by atoms with Gasteiger partial charge in [-0.25, -0.2) is 0 Å². The second-order valence-electron chi connectivity index (χ2n) is 4.62. The van der Waals surface area contributed by atoms with Crippen molar-refractivity contribution in [1.82, 2.24) is 9.88 Å². The number of nitrogens with two attached hydrogens (primary N) is 1. The first-order valence-corrected chi connectivity index (χ1v) is 6.42. The van der Waals surface area contributed by atoms with Crippen LogP contribution in [0.5, 0.6) is 5.75 Å². The van der Waals surface area contributed by atoms with Crippen LogP contribution in [0.1, 0.15) is 12.8 Å². The van der Waals surface area contributed by atoms with Crippen LogP contribution in [-0.4, -0.2) is 52.7 Å². The molecule has 6 nitrogen and oxygen atoms in total. The molecule has 0 aliphatic carbocycles. The molecule has 0 saturated carbocycles. The number of hydrogen-bond acceptors (Lipinski definition) is 5. The molecule has 19 heavy (non-hydrogen) atoms. The number of nitrogens with zero attached hydrogens (tertiary/aromatic N) is 2. The number of likely N-dealkylation sites (tertiary alicyclic amines) is 1. The number of aromatic nitrogens is 1.